The number of esters is 1. The van der Waals surface area contributed by atoms with E-state index >= 15 is 0 Å². The number of rotatable bonds is 8. The van der Waals surface area contributed by atoms with Gasteiger partial charge in [0.25, 0.3) is 5.91 Å². The predicted octanol–water partition coefficient (Wildman–Crippen LogP) is 3.81. The van der Waals surface area contributed by atoms with Crippen LogP contribution in [0.4, 0.5) is 11.4 Å². The highest BCUT2D eigenvalue weighted by Crippen LogP contribution is 2.28. The van der Waals surface area contributed by atoms with Crippen molar-refractivity contribution in [1.29, 1.82) is 0 Å². The van der Waals surface area contributed by atoms with Gasteiger partial charge in [0, 0.05) is 24.5 Å². The van der Waals surface area contributed by atoms with E-state index in [1.165, 1.54) is 26.4 Å². The minimum Gasteiger partial charge on any atom is -0.493 e. The van der Waals surface area contributed by atoms with Crippen molar-refractivity contribution in [2.24, 2.45) is 0 Å². The fraction of sp³-hybridized carbons (Fsp3) is 0.417. The Kier molecular flexibility index (Phi) is 7.76. The first-order valence-electron chi connectivity index (χ1n) is 10.6. The summed E-state index contributed by atoms with van der Waals surface area (Å²) in [4.78, 5) is 27.1. The van der Waals surface area contributed by atoms with Gasteiger partial charge >= 0.3 is 5.97 Å². The topological polar surface area (TPSA) is 77.1 Å². The second kappa shape index (κ2) is 10.7. The molecule has 1 heterocycles. The molecule has 2 aromatic carbocycles. The lowest BCUT2D eigenvalue weighted by Gasteiger charge is -2.28. The number of amides is 1. The summed E-state index contributed by atoms with van der Waals surface area (Å²) in [7, 11) is 3.08. The number of ether oxygens (including phenoxy) is 3. The van der Waals surface area contributed by atoms with Gasteiger partial charge in [0.1, 0.15) is 0 Å². The molecule has 31 heavy (non-hydrogen) atoms. The lowest BCUT2D eigenvalue weighted by atomic mass is 10.1. The van der Waals surface area contributed by atoms with E-state index in [0.29, 0.717) is 22.7 Å². The van der Waals surface area contributed by atoms with Crippen molar-refractivity contribution in [3.8, 4) is 11.5 Å². The third kappa shape index (κ3) is 6.13. The Morgan fingerprint density at radius 2 is 1.65 bits per heavy atom. The molecule has 1 fully saturated rings. The molecule has 0 saturated carbocycles. The van der Waals surface area contributed by atoms with Crippen LogP contribution in [0, 0.1) is 0 Å². The van der Waals surface area contributed by atoms with E-state index in [0.717, 1.165) is 18.8 Å². The molecule has 0 aliphatic carbocycles. The quantitative estimate of drug-likeness (QED) is 0.647. The van der Waals surface area contributed by atoms with Crippen LogP contribution in [-0.4, -0.2) is 45.3 Å². The van der Waals surface area contributed by atoms with Gasteiger partial charge in [-0.25, -0.2) is 0 Å². The molecule has 3 rings (SSSR count). The summed E-state index contributed by atoms with van der Waals surface area (Å²) in [5, 5.41) is 2.80. The number of carbonyl (C=O) groups is 2. The van der Waals surface area contributed by atoms with E-state index in [9.17, 15) is 9.59 Å². The molecule has 1 aliphatic heterocycles. The van der Waals surface area contributed by atoms with Crippen LogP contribution in [0.15, 0.2) is 42.5 Å². The van der Waals surface area contributed by atoms with E-state index in [1.54, 1.807) is 32.2 Å². The number of hydrogen-bond acceptors (Lipinski definition) is 6. The number of methoxy groups -OCH3 is 2. The third-order valence-electron chi connectivity index (χ3n) is 5.33. The summed E-state index contributed by atoms with van der Waals surface area (Å²) in [5.74, 6) is 0.256. The summed E-state index contributed by atoms with van der Waals surface area (Å²) in [6.45, 7) is 3.70. The Labute approximate surface area is 183 Å². The first kappa shape index (κ1) is 22.5. The minimum atomic E-state index is -0.908. The van der Waals surface area contributed by atoms with Gasteiger partial charge in [-0.15, -0.1) is 0 Å². The average Bonchev–Trinajstić information content (AvgIpc) is 2.79. The van der Waals surface area contributed by atoms with Gasteiger partial charge in [0.05, 0.1) is 20.6 Å². The van der Waals surface area contributed by atoms with Crippen LogP contribution in [0.25, 0.3) is 0 Å². The van der Waals surface area contributed by atoms with Crippen LogP contribution in [0.1, 0.15) is 31.7 Å². The van der Waals surface area contributed by atoms with E-state index in [-0.39, 0.29) is 12.3 Å². The van der Waals surface area contributed by atoms with Crippen LogP contribution >= 0.6 is 0 Å². The standard InChI is InChI=1S/C24H30N2O5/c1-17(31-23(27)16-18-7-12-21(29-2)22(15-18)30-3)24(28)25-19-8-10-20(11-9-19)26-13-5-4-6-14-26/h7-12,15,17H,4-6,13-14,16H2,1-3H3,(H,25,28)/t17-/m0/s1. The Balaban J connectivity index is 1.51. The van der Waals surface area contributed by atoms with E-state index in [4.69, 9.17) is 14.2 Å². The molecule has 1 N–H and O–H groups in total. The molecule has 2 aromatic rings. The zero-order valence-electron chi connectivity index (χ0n) is 18.3. The zero-order valence-corrected chi connectivity index (χ0v) is 18.3. The Bertz CT molecular complexity index is 891. The van der Waals surface area contributed by atoms with E-state index in [1.807, 2.05) is 24.3 Å². The minimum absolute atomic E-state index is 0.0303. The van der Waals surface area contributed by atoms with Crippen molar-refractivity contribution < 1.29 is 23.8 Å². The highest BCUT2D eigenvalue weighted by molar-refractivity contribution is 5.95. The molecule has 0 unspecified atom stereocenters. The molecular formula is C24H30N2O5. The van der Waals surface area contributed by atoms with Crippen molar-refractivity contribution in [1.82, 2.24) is 0 Å². The van der Waals surface area contributed by atoms with Gasteiger partial charge in [0.2, 0.25) is 0 Å². The van der Waals surface area contributed by atoms with Crippen LogP contribution in [0.2, 0.25) is 0 Å². The molecule has 0 aromatic heterocycles. The molecule has 1 atom stereocenters. The van der Waals surface area contributed by atoms with E-state index < -0.39 is 12.1 Å². The molecule has 7 heteroatoms. The number of hydrogen-bond donors (Lipinski definition) is 1. The summed E-state index contributed by atoms with van der Waals surface area (Å²) < 4.78 is 15.7. The molecule has 7 nitrogen and oxygen atoms in total. The molecule has 166 valence electrons. The van der Waals surface area contributed by atoms with Crippen LogP contribution < -0.4 is 19.7 Å². The highest BCUT2D eigenvalue weighted by atomic mass is 16.5. The molecule has 0 bridgehead atoms. The van der Waals surface area contributed by atoms with Crippen molar-refractivity contribution in [3.63, 3.8) is 0 Å². The predicted molar refractivity (Wildman–Crippen MR) is 120 cm³/mol. The highest BCUT2D eigenvalue weighted by Gasteiger charge is 2.19. The lowest BCUT2D eigenvalue weighted by Crippen LogP contribution is -2.31. The van der Waals surface area contributed by atoms with Crippen molar-refractivity contribution >= 4 is 23.3 Å². The van der Waals surface area contributed by atoms with Crippen LogP contribution in [-0.2, 0) is 20.7 Å². The number of benzene rings is 2. The number of anilines is 2. The van der Waals surface area contributed by atoms with Crippen molar-refractivity contribution in [2.75, 3.05) is 37.5 Å². The molecule has 1 aliphatic rings. The normalized spacial score (nSPS) is 14.5. The van der Waals surface area contributed by atoms with Gasteiger partial charge in [0.15, 0.2) is 17.6 Å². The Morgan fingerprint density at radius 3 is 2.29 bits per heavy atom. The van der Waals surface area contributed by atoms with E-state index in [2.05, 4.69) is 10.2 Å². The van der Waals surface area contributed by atoms with Gasteiger partial charge in [-0.1, -0.05) is 6.07 Å². The first-order valence-corrected chi connectivity index (χ1v) is 10.6. The number of carbonyl (C=O) groups excluding carboxylic acids is 2. The maximum absolute atomic E-state index is 12.4. The second-order valence-corrected chi connectivity index (χ2v) is 7.58. The maximum Gasteiger partial charge on any atom is 0.311 e. The molecule has 1 saturated heterocycles. The SMILES string of the molecule is COc1ccc(CC(=O)O[C@@H](C)C(=O)Nc2ccc(N3CCCCC3)cc2)cc1OC. The fourth-order valence-electron chi connectivity index (χ4n) is 3.60. The molecule has 0 radical (unpaired) electrons. The summed E-state index contributed by atoms with van der Waals surface area (Å²) in [6.07, 6.45) is 2.83. The van der Waals surface area contributed by atoms with Crippen LogP contribution in [0.3, 0.4) is 0 Å². The number of nitrogens with one attached hydrogen (secondary N) is 1. The summed E-state index contributed by atoms with van der Waals surface area (Å²) in [5.41, 5.74) is 2.55. The van der Waals surface area contributed by atoms with Gasteiger partial charge in [-0.2, -0.15) is 0 Å². The molecule has 1 amide bonds. The molecule has 0 spiro atoms. The fourth-order valence-corrected chi connectivity index (χ4v) is 3.60. The smallest absolute Gasteiger partial charge is 0.311 e. The molecular weight excluding hydrogens is 396 g/mol. The number of nitrogens with zero attached hydrogens (tertiary/aromatic N) is 1. The van der Waals surface area contributed by atoms with Gasteiger partial charge < -0.3 is 24.4 Å². The average molecular weight is 427 g/mol. The van der Waals surface area contributed by atoms with Gasteiger partial charge in [-0.05, 0) is 68.1 Å². The first-order chi connectivity index (χ1) is 15.0. The maximum atomic E-state index is 12.4. The van der Waals surface area contributed by atoms with Gasteiger partial charge in [-0.3, -0.25) is 9.59 Å². The number of piperidine rings is 1. The lowest BCUT2D eigenvalue weighted by molar-refractivity contribution is -0.152. The summed E-state index contributed by atoms with van der Waals surface area (Å²) >= 11 is 0. The van der Waals surface area contributed by atoms with Crippen molar-refractivity contribution in [2.45, 2.75) is 38.7 Å². The Morgan fingerprint density at radius 1 is 0.968 bits per heavy atom. The zero-order chi connectivity index (χ0) is 22.2. The Hall–Kier alpha value is -3.22. The van der Waals surface area contributed by atoms with Crippen molar-refractivity contribution in [3.05, 3.63) is 48.0 Å². The second-order valence-electron chi connectivity index (χ2n) is 7.58. The third-order valence-corrected chi connectivity index (χ3v) is 5.33. The van der Waals surface area contributed by atoms with Crippen LogP contribution in [0.5, 0.6) is 11.5 Å². The largest absolute Gasteiger partial charge is 0.493 e. The summed E-state index contributed by atoms with van der Waals surface area (Å²) in [6, 6.07) is 13.0. The monoisotopic (exact) mass is 426 g/mol.